The van der Waals surface area contributed by atoms with Gasteiger partial charge >= 0.3 is 0 Å². The molecule has 0 bridgehead atoms. The number of hydrogen-bond donors (Lipinski definition) is 0. The molecule has 0 aliphatic heterocycles. The van der Waals surface area contributed by atoms with Crippen molar-refractivity contribution in [3.05, 3.63) is 35.4 Å². The predicted octanol–water partition coefficient (Wildman–Crippen LogP) is 2.57. The first-order chi connectivity index (χ1) is 5.61. The summed E-state index contributed by atoms with van der Waals surface area (Å²) < 4.78 is 0.811. The Bertz CT molecular complexity index is 241. The van der Waals surface area contributed by atoms with Crippen molar-refractivity contribution in [1.29, 1.82) is 0 Å². The van der Waals surface area contributed by atoms with E-state index in [2.05, 4.69) is 45.0 Å². The molecule has 0 nitrogen and oxygen atoms in total. The average Bonchev–Trinajstić information content (AvgIpc) is 2.04. The van der Waals surface area contributed by atoms with E-state index in [1.807, 2.05) is 0 Å². The van der Waals surface area contributed by atoms with Crippen molar-refractivity contribution in [2.24, 2.45) is 5.92 Å². The van der Waals surface area contributed by atoms with Crippen LogP contribution in [0.4, 0.5) is 0 Å². The summed E-state index contributed by atoms with van der Waals surface area (Å²) in [5, 5.41) is 0. The Labute approximate surface area is 84.9 Å². The van der Waals surface area contributed by atoms with Crippen molar-refractivity contribution < 1.29 is 1.43 Å². The summed E-state index contributed by atoms with van der Waals surface area (Å²) in [5.74, 6) is 0.791. The highest BCUT2D eigenvalue weighted by atomic mass is 27.0. The second-order valence-electron chi connectivity index (χ2n) is 3.94. The molecule has 1 aromatic rings. The zero-order valence-electron chi connectivity index (χ0n) is 8.46. The van der Waals surface area contributed by atoms with E-state index in [0.717, 1.165) is 10.7 Å². The molecule has 0 aromatic heterocycles. The summed E-state index contributed by atoms with van der Waals surface area (Å²) in [5.41, 5.74) is 2.87. The van der Waals surface area contributed by atoms with E-state index < -0.39 is 0 Å². The van der Waals surface area contributed by atoms with Gasteiger partial charge in [-0.1, -0.05) is 59.9 Å². The zero-order valence-corrected chi connectivity index (χ0v) is 10.5. The van der Waals surface area contributed by atoms with Crippen LogP contribution in [0.15, 0.2) is 24.3 Å². The maximum absolute atomic E-state index is 2.30. The fraction of sp³-hybridized carbons (Fsp3) is 0.455. The smallest absolute Gasteiger partial charge is 0.0648 e. The molecule has 1 atom stereocenters. The SMILES string of the molecule is Cc1ccc([CH]([AlH2])C(C)C)cc1.[HH]. The van der Waals surface area contributed by atoms with Gasteiger partial charge in [0.25, 0.3) is 0 Å². The summed E-state index contributed by atoms with van der Waals surface area (Å²) in [6.07, 6.45) is 0. The second kappa shape index (κ2) is 4.12. The molecule has 1 unspecified atom stereocenters. The van der Waals surface area contributed by atoms with E-state index in [1.165, 1.54) is 27.4 Å². The fourth-order valence-corrected chi connectivity index (χ4v) is 1.64. The monoisotopic (exact) mass is 178 g/mol. The lowest BCUT2D eigenvalue weighted by Crippen LogP contribution is -2.05. The van der Waals surface area contributed by atoms with Crippen molar-refractivity contribution in [2.75, 3.05) is 0 Å². The van der Waals surface area contributed by atoms with Gasteiger partial charge < -0.3 is 0 Å². The van der Waals surface area contributed by atoms with Gasteiger partial charge in [-0.25, -0.2) is 0 Å². The van der Waals surface area contributed by atoms with E-state index in [-0.39, 0.29) is 1.43 Å². The van der Waals surface area contributed by atoms with Crippen LogP contribution in [0, 0.1) is 12.8 Å². The number of rotatable bonds is 2. The van der Waals surface area contributed by atoms with Gasteiger partial charge in [-0.15, -0.1) is 0 Å². The molecule has 0 amide bonds. The third-order valence-electron chi connectivity index (χ3n) is 2.60. The molecule has 66 valence electrons. The third kappa shape index (κ3) is 2.37. The Hall–Kier alpha value is -0.248. The maximum atomic E-state index is 2.30. The molecule has 12 heavy (non-hydrogen) atoms. The minimum absolute atomic E-state index is 0. The molecular weight excluding hydrogens is 159 g/mol. The third-order valence-corrected chi connectivity index (χ3v) is 4.60. The molecule has 0 spiro atoms. The highest BCUT2D eigenvalue weighted by Crippen LogP contribution is 2.20. The topological polar surface area (TPSA) is 0 Å². The van der Waals surface area contributed by atoms with Gasteiger partial charge in [-0.3, -0.25) is 0 Å². The van der Waals surface area contributed by atoms with Gasteiger partial charge in [0.05, 0.1) is 0 Å². The van der Waals surface area contributed by atoms with Crippen molar-refractivity contribution in [3.63, 3.8) is 0 Å². The Balaban J connectivity index is 0.00000144. The molecule has 0 saturated carbocycles. The molecular formula is C11H19Al. The molecule has 0 aliphatic carbocycles. The lowest BCUT2D eigenvalue weighted by atomic mass is 10.0. The quantitative estimate of drug-likeness (QED) is 0.611. The summed E-state index contributed by atoms with van der Waals surface area (Å²) in [4.78, 5) is 0. The number of hydrogen-bond acceptors (Lipinski definition) is 0. The summed E-state index contributed by atoms with van der Waals surface area (Å²) in [6, 6.07) is 8.96. The van der Waals surface area contributed by atoms with Crippen LogP contribution in [-0.4, -0.2) is 16.3 Å². The first-order valence-corrected chi connectivity index (χ1v) is 5.83. The molecule has 0 N–H and O–H groups in total. The highest BCUT2D eigenvalue weighted by molar-refractivity contribution is 6.12. The van der Waals surface area contributed by atoms with E-state index in [0.29, 0.717) is 0 Å². The summed E-state index contributed by atoms with van der Waals surface area (Å²) in [6.45, 7) is 6.75. The molecule has 1 aromatic carbocycles. The van der Waals surface area contributed by atoms with Gasteiger partial charge in [0, 0.05) is 1.43 Å². The van der Waals surface area contributed by atoms with E-state index in [9.17, 15) is 0 Å². The van der Waals surface area contributed by atoms with Crippen molar-refractivity contribution in [1.82, 2.24) is 0 Å². The van der Waals surface area contributed by atoms with Gasteiger partial charge in [0.15, 0.2) is 0 Å². The van der Waals surface area contributed by atoms with E-state index >= 15 is 0 Å². The Morgan fingerprint density at radius 2 is 1.67 bits per heavy atom. The average molecular weight is 178 g/mol. The Morgan fingerprint density at radius 1 is 1.17 bits per heavy atom. The molecule has 1 heteroatoms. The number of aryl methyl sites for hydroxylation is 1. The molecule has 0 heterocycles. The van der Waals surface area contributed by atoms with Crippen molar-refractivity contribution in [2.45, 2.75) is 25.6 Å². The van der Waals surface area contributed by atoms with Crippen LogP contribution in [0.25, 0.3) is 0 Å². The standard InChI is InChI=1S/C11H15.Al.H2.2H/c1-9(2)8-11-6-4-10(3)5-7-11;;;;/h4-9H,1-3H3;;1H;;. The Kier molecular flexibility index (Phi) is 3.38. The van der Waals surface area contributed by atoms with Crippen molar-refractivity contribution in [3.8, 4) is 0 Å². The lowest BCUT2D eigenvalue weighted by molar-refractivity contribution is 0.623. The predicted molar refractivity (Wildman–Crippen MR) is 59.4 cm³/mol. The van der Waals surface area contributed by atoms with Crippen LogP contribution in [0.1, 0.15) is 31.2 Å². The Morgan fingerprint density at radius 3 is 2.08 bits per heavy atom. The molecule has 1 rings (SSSR count). The molecule has 0 radical (unpaired) electrons. The molecule has 0 aliphatic rings. The lowest BCUT2D eigenvalue weighted by Gasteiger charge is -2.15. The minimum Gasteiger partial charge on any atom is -0.0648 e. The largest absolute Gasteiger partial charge is 0.223 e. The summed E-state index contributed by atoms with van der Waals surface area (Å²) >= 11 is 1.26. The van der Waals surface area contributed by atoms with Gasteiger partial charge in [-0.05, 0) is 6.92 Å². The van der Waals surface area contributed by atoms with E-state index in [4.69, 9.17) is 0 Å². The zero-order chi connectivity index (χ0) is 9.14. The minimum atomic E-state index is 0. The van der Waals surface area contributed by atoms with Gasteiger partial charge in [-0.2, -0.15) is 0 Å². The number of benzene rings is 1. The van der Waals surface area contributed by atoms with Crippen LogP contribution in [0.5, 0.6) is 0 Å². The fourth-order valence-electron chi connectivity index (χ4n) is 1.25. The van der Waals surface area contributed by atoms with E-state index in [1.54, 1.807) is 0 Å². The maximum Gasteiger partial charge on any atom is 0.223 e. The van der Waals surface area contributed by atoms with Gasteiger partial charge in [0.2, 0.25) is 16.3 Å². The van der Waals surface area contributed by atoms with Crippen LogP contribution in [0.2, 0.25) is 0 Å². The van der Waals surface area contributed by atoms with Crippen molar-refractivity contribution >= 4 is 16.3 Å². The van der Waals surface area contributed by atoms with Crippen LogP contribution in [0.3, 0.4) is 0 Å². The second-order valence-corrected chi connectivity index (χ2v) is 5.19. The summed E-state index contributed by atoms with van der Waals surface area (Å²) in [7, 11) is 0. The first kappa shape index (κ1) is 9.84. The normalized spacial score (nSPS) is 13.3. The van der Waals surface area contributed by atoms with Crippen LogP contribution < -0.4 is 0 Å². The first-order valence-electron chi connectivity index (χ1n) is 4.68. The highest BCUT2D eigenvalue weighted by Gasteiger charge is 2.08. The molecule has 0 saturated heterocycles. The van der Waals surface area contributed by atoms with Crippen LogP contribution >= 0.6 is 0 Å². The van der Waals surface area contributed by atoms with Gasteiger partial charge in [0.1, 0.15) is 0 Å². The molecule has 0 fully saturated rings. The van der Waals surface area contributed by atoms with Crippen LogP contribution in [-0.2, 0) is 0 Å².